The van der Waals surface area contributed by atoms with Gasteiger partial charge in [0, 0.05) is 42.3 Å². The first-order valence-corrected chi connectivity index (χ1v) is 10.8. The van der Waals surface area contributed by atoms with E-state index in [-0.39, 0.29) is 23.0 Å². The highest BCUT2D eigenvalue weighted by molar-refractivity contribution is 6.30. The zero-order valence-electron chi connectivity index (χ0n) is 19.1. The molecule has 0 radical (unpaired) electrons. The average molecular weight is 450 g/mol. The number of aromatic nitrogens is 1. The Hall–Kier alpha value is -2.09. The number of carbonyl (C=O) groups excluding carboxylic acids is 1. The van der Waals surface area contributed by atoms with Gasteiger partial charge >= 0.3 is 0 Å². The van der Waals surface area contributed by atoms with Crippen molar-refractivity contribution in [1.82, 2.24) is 5.16 Å². The summed E-state index contributed by atoms with van der Waals surface area (Å²) in [5.41, 5.74) is 1.02. The van der Waals surface area contributed by atoms with Crippen LogP contribution in [0.2, 0.25) is 5.02 Å². The smallest absolute Gasteiger partial charge is 0.249 e. The van der Waals surface area contributed by atoms with Gasteiger partial charge in [-0.2, -0.15) is 0 Å². The number of ether oxygens (including phenoxy) is 2. The Morgan fingerprint density at radius 3 is 2.55 bits per heavy atom. The van der Waals surface area contributed by atoms with Crippen molar-refractivity contribution < 1.29 is 18.8 Å². The second kappa shape index (κ2) is 9.18. The fraction of sp³-hybridized carbons (Fsp3) is 0.565. The van der Waals surface area contributed by atoms with E-state index in [1.54, 1.807) is 13.2 Å². The molecule has 1 aromatic heterocycles. The molecule has 8 heteroatoms. The molecule has 1 N–H and O–H groups in total. The standard InChI is InChI=1S/C23H32ClN3O4/c1-22(2,3)30-17-11-18(27(13-17)16-9-7-15(24)8-10-16)21(28)25-20-12-19(26-31-20)23(4,5)14-29-6/h7-10,12,17-18H,11,13-14H2,1-6H3,(H,25,28)/t17-,18+/m1/s1. The van der Waals surface area contributed by atoms with Crippen molar-refractivity contribution in [1.29, 1.82) is 0 Å². The number of rotatable bonds is 7. The van der Waals surface area contributed by atoms with Crippen LogP contribution in [-0.4, -0.2) is 49.1 Å². The molecule has 1 fully saturated rings. The number of benzene rings is 1. The molecule has 2 aromatic rings. The van der Waals surface area contributed by atoms with E-state index in [1.807, 2.05) is 63.8 Å². The van der Waals surface area contributed by atoms with Gasteiger partial charge in [-0.25, -0.2) is 0 Å². The fourth-order valence-corrected chi connectivity index (χ4v) is 3.97. The number of nitrogens with zero attached hydrogens (tertiary/aromatic N) is 2. The molecule has 0 unspecified atom stereocenters. The van der Waals surface area contributed by atoms with Gasteiger partial charge in [-0.15, -0.1) is 0 Å². The molecule has 1 saturated heterocycles. The Morgan fingerprint density at radius 1 is 1.26 bits per heavy atom. The summed E-state index contributed by atoms with van der Waals surface area (Å²) < 4.78 is 16.8. The molecule has 0 aliphatic carbocycles. The minimum Gasteiger partial charge on any atom is -0.384 e. The lowest BCUT2D eigenvalue weighted by Gasteiger charge is -2.26. The van der Waals surface area contributed by atoms with Crippen molar-refractivity contribution in [2.45, 2.75) is 64.2 Å². The van der Waals surface area contributed by atoms with Gasteiger partial charge in [0.2, 0.25) is 11.8 Å². The number of hydrogen-bond donors (Lipinski definition) is 1. The van der Waals surface area contributed by atoms with Crippen LogP contribution in [0.15, 0.2) is 34.9 Å². The summed E-state index contributed by atoms with van der Waals surface area (Å²) in [4.78, 5) is 15.3. The maximum atomic E-state index is 13.2. The Kier molecular flexibility index (Phi) is 6.98. The largest absolute Gasteiger partial charge is 0.384 e. The first-order valence-electron chi connectivity index (χ1n) is 10.5. The molecular formula is C23H32ClN3O4. The number of hydrogen-bond acceptors (Lipinski definition) is 6. The second-order valence-corrected chi connectivity index (χ2v) is 10.1. The lowest BCUT2D eigenvalue weighted by molar-refractivity contribution is -0.118. The molecule has 2 atom stereocenters. The molecule has 170 valence electrons. The van der Waals surface area contributed by atoms with Gasteiger partial charge in [-0.1, -0.05) is 30.6 Å². The van der Waals surface area contributed by atoms with Crippen LogP contribution >= 0.6 is 11.6 Å². The normalized spacial score (nSPS) is 19.6. The maximum absolute atomic E-state index is 13.2. The van der Waals surface area contributed by atoms with Crippen molar-refractivity contribution in [3.63, 3.8) is 0 Å². The van der Waals surface area contributed by atoms with Crippen molar-refractivity contribution in [2.75, 3.05) is 30.5 Å². The van der Waals surface area contributed by atoms with E-state index in [2.05, 4.69) is 10.5 Å². The fourth-order valence-electron chi connectivity index (χ4n) is 3.84. The van der Waals surface area contributed by atoms with Gasteiger partial charge in [0.15, 0.2) is 0 Å². The Bertz CT molecular complexity index is 889. The molecule has 1 aliphatic rings. The minimum atomic E-state index is -0.408. The summed E-state index contributed by atoms with van der Waals surface area (Å²) in [6, 6.07) is 8.83. The van der Waals surface area contributed by atoms with E-state index in [1.165, 1.54) is 0 Å². The second-order valence-electron chi connectivity index (χ2n) is 9.62. The maximum Gasteiger partial charge on any atom is 0.249 e. The number of carbonyl (C=O) groups is 1. The van der Waals surface area contributed by atoms with Crippen LogP contribution in [0.5, 0.6) is 0 Å². The van der Waals surface area contributed by atoms with E-state index in [0.717, 1.165) is 11.4 Å². The van der Waals surface area contributed by atoms with E-state index in [9.17, 15) is 4.79 Å². The molecule has 7 nitrogen and oxygen atoms in total. The quantitative estimate of drug-likeness (QED) is 0.662. The van der Waals surface area contributed by atoms with Crippen LogP contribution in [0.25, 0.3) is 0 Å². The molecule has 2 heterocycles. The summed E-state index contributed by atoms with van der Waals surface area (Å²) in [5.74, 6) is 0.155. The summed E-state index contributed by atoms with van der Waals surface area (Å²) in [6.07, 6.45) is 0.499. The Balaban J connectivity index is 1.78. The van der Waals surface area contributed by atoms with E-state index < -0.39 is 6.04 Å². The molecule has 1 amide bonds. The highest BCUT2D eigenvalue weighted by Gasteiger charge is 2.39. The van der Waals surface area contributed by atoms with Gasteiger partial charge < -0.3 is 18.9 Å². The third-order valence-corrected chi connectivity index (χ3v) is 5.45. The topological polar surface area (TPSA) is 76.8 Å². The Labute approximate surface area is 189 Å². The monoisotopic (exact) mass is 449 g/mol. The third-order valence-electron chi connectivity index (χ3n) is 5.20. The van der Waals surface area contributed by atoms with Gasteiger partial charge in [0.1, 0.15) is 6.04 Å². The molecule has 0 saturated carbocycles. The molecule has 31 heavy (non-hydrogen) atoms. The zero-order valence-corrected chi connectivity index (χ0v) is 19.8. The molecule has 3 rings (SSSR count). The molecule has 1 aliphatic heterocycles. The van der Waals surface area contributed by atoms with Gasteiger partial charge in [-0.3, -0.25) is 10.1 Å². The third kappa shape index (κ3) is 5.99. The summed E-state index contributed by atoms with van der Waals surface area (Å²) in [5, 5.41) is 7.65. The Morgan fingerprint density at radius 2 is 1.94 bits per heavy atom. The van der Waals surface area contributed by atoms with Gasteiger partial charge in [0.05, 0.1) is 24.0 Å². The van der Waals surface area contributed by atoms with Gasteiger partial charge in [0.25, 0.3) is 0 Å². The summed E-state index contributed by atoms with van der Waals surface area (Å²) in [6.45, 7) is 11.2. The molecule has 0 spiro atoms. The SMILES string of the molecule is COCC(C)(C)c1cc(NC(=O)[C@@H]2C[C@@H](OC(C)(C)C)CN2c2ccc(Cl)cc2)on1. The first-order chi connectivity index (χ1) is 14.5. The van der Waals surface area contributed by atoms with Crippen molar-refractivity contribution in [3.8, 4) is 0 Å². The lowest BCUT2D eigenvalue weighted by Crippen LogP contribution is -2.39. The summed E-state index contributed by atoms with van der Waals surface area (Å²) >= 11 is 6.05. The molecule has 0 bridgehead atoms. The van der Waals surface area contributed by atoms with Gasteiger partial charge in [-0.05, 0) is 45.0 Å². The van der Waals surface area contributed by atoms with Crippen LogP contribution in [-0.2, 0) is 19.7 Å². The predicted molar refractivity (Wildman–Crippen MR) is 122 cm³/mol. The summed E-state index contributed by atoms with van der Waals surface area (Å²) in [7, 11) is 1.64. The number of nitrogens with one attached hydrogen (secondary N) is 1. The number of methoxy groups -OCH3 is 1. The van der Waals surface area contributed by atoms with Crippen molar-refractivity contribution in [2.24, 2.45) is 0 Å². The zero-order chi connectivity index (χ0) is 22.8. The van der Waals surface area contributed by atoms with Crippen molar-refractivity contribution in [3.05, 3.63) is 41.0 Å². The van der Waals surface area contributed by atoms with E-state index >= 15 is 0 Å². The molecule has 1 aromatic carbocycles. The number of halogens is 1. The predicted octanol–water partition coefficient (Wildman–Crippen LogP) is 4.65. The lowest BCUT2D eigenvalue weighted by atomic mass is 9.90. The van der Waals surface area contributed by atoms with Crippen LogP contribution < -0.4 is 10.2 Å². The average Bonchev–Trinajstić information content (AvgIpc) is 3.28. The van der Waals surface area contributed by atoms with Crippen molar-refractivity contribution >= 4 is 29.1 Å². The number of amides is 1. The van der Waals surface area contributed by atoms with Crippen LogP contribution in [0.4, 0.5) is 11.6 Å². The van der Waals surface area contributed by atoms with E-state index in [0.29, 0.717) is 30.5 Å². The minimum absolute atomic E-state index is 0.0719. The van der Waals surface area contributed by atoms with Crippen LogP contribution in [0, 0.1) is 0 Å². The van der Waals surface area contributed by atoms with Crippen LogP contribution in [0.3, 0.4) is 0 Å². The number of anilines is 2. The first kappa shape index (κ1) is 23.6. The highest BCUT2D eigenvalue weighted by atomic mass is 35.5. The van der Waals surface area contributed by atoms with Crippen LogP contribution in [0.1, 0.15) is 46.7 Å². The van der Waals surface area contributed by atoms with E-state index in [4.69, 9.17) is 25.6 Å². The highest BCUT2D eigenvalue weighted by Crippen LogP contribution is 2.31. The molecular weight excluding hydrogens is 418 g/mol.